The van der Waals surface area contributed by atoms with Crippen molar-refractivity contribution < 1.29 is 14.3 Å². The van der Waals surface area contributed by atoms with Gasteiger partial charge >= 0.3 is 0 Å². The number of carbonyl (C=O) groups excluding carboxylic acids is 2. The fraction of sp³-hybridized carbons (Fsp3) is 0.300. The summed E-state index contributed by atoms with van der Waals surface area (Å²) in [5, 5.41) is 2.93. The molecule has 4 nitrogen and oxygen atoms in total. The Kier molecular flexibility index (Phi) is 6.55. The van der Waals surface area contributed by atoms with E-state index in [2.05, 4.69) is 17.4 Å². The number of ether oxygens (including phenoxy) is 1. The van der Waals surface area contributed by atoms with Gasteiger partial charge in [0.15, 0.2) is 12.4 Å². The predicted molar refractivity (Wildman–Crippen MR) is 94.3 cm³/mol. The molecular formula is C20H23NO3. The Morgan fingerprint density at radius 2 is 1.83 bits per heavy atom. The van der Waals surface area contributed by atoms with E-state index >= 15 is 0 Å². The van der Waals surface area contributed by atoms with Crippen LogP contribution in [0.2, 0.25) is 0 Å². The minimum atomic E-state index is -0.163. The van der Waals surface area contributed by atoms with E-state index in [1.54, 1.807) is 24.3 Å². The fourth-order valence-corrected chi connectivity index (χ4v) is 2.37. The zero-order chi connectivity index (χ0) is 17.4. The molecule has 4 heteroatoms. The lowest BCUT2D eigenvalue weighted by atomic mass is 10.1. The molecular weight excluding hydrogens is 302 g/mol. The Labute approximate surface area is 142 Å². The van der Waals surface area contributed by atoms with Crippen molar-refractivity contribution in [1.82, 2.24) is 5.32 Å². The third kappa shape index (κ3) is 5.88. The first-order chi connectivity index (χ1) is 11.5. The summed E-state index contributed by atoms with van der Waals surface area (Å²) in [6, 6.07) is 17.1. The summed E-state index contributed by atoms with van der Waals surface area (Å²) in [7, 11) is 0. The number of benzene rings is 2. The van der Waals surface area contributed by atoms with Gasteiger partial charge in [-0.3, -0.25) is 9.59 Å². The lowest BCUT2D eigenvalue weighted by molar-refractivity contribution is -0.123. The second-order valence-electron chi connectivity index (χ2n) is 5.87. The molecule has 0 radical (unpaired) electrons. The predicted octanol–water partition coefficient (Wildman–Crippen LogP) is 3.41. The van der Waals surface area contributed by atoms with E-state index in [1.165, 1.54) is 12.5 Å². The Morgan fingerprint density at radius 3 is 2.54 bits per heavy atom. The highest BCUT2D eigenvalue weighted by Gasteiger charge is 2.09. The highest BCUT2D eigenvalue weighted by Crippen LogP contribution is 2.13. The van der Waals surface area contributed by atoms with Crippen molar-refractivity contribution in [2.24, 2.45) is 0 Å². The number of ketones is 1. The molecule has 0 fully saturated rings. The Hall–Kier alpha value is -2.62. The number of hydrogen-bond acceptors (Lipinski definition) is 3. The van der Waals surface area contributed by atoms with Gasteiger partial charge < -0.3 is 10.1 Å². The average Bonchev–Trinajstić information content (AvgIpc) is 2.59. The molecule has 0 aliphatic rings. The van der Waals surface area contributed by atoms with E-state index in [0.717, 1.165) is 12.8 Å². The zero-order valence-electron chi connectivity index (χ0n) is 14.1. The highest BCUT2D eigenvalue weighted by atomic mass is 16.5. The van der Waals surface area contributed by atoms with Gasteiger partial charge in [0.25, 0.3) is 5.91 Å². The van der Waals surface area contributed by atoms with Crippen LogP contribution in [0.4, 0.5) is 0 Å². The minimum absolute atomic E-state index is 0.0283. The van der Waals surface area contributed by atoms with Crippen LogP contribution in [0.25, 0.3) is 0 Å². The maximum absolute atomic E-state index is 12.0. The molecule has 0 saturated carbocycles. The number of Topliss-reactive ketones (excluding diaryl/α,β-unsaturated/α-hetero) is 1. The Morgan fingerprint density at radius 1 is 1.08 bits per heavy atom. The van der Waals surface area contributed by atoms with Crippen molar-refractivity contribution in [1.29, 1.82) is 0 Å². The molecule has 0 aromatic heterocycles. The fourth-order valence-electron chi connectivity index (χ4n) is 2.37. The van der Waals surface area contributed by atoms with Crippen LogP contribution in [0.5, 0.6) is 5.75 Å². The van der Waals surface area contributed by atoms with Gasteiger partial charge in [0.1, 0.15) is 5.75 Å². The van der Waals surface area contributed by atoms with Crippen molar-refractivity contribution in [2.75, 3.05) is 6.61 Å². The van der Waals surface area contributed by atoms with Gasteiger partial charge in [0.2, 0.25) is 0 Å². The highest BCUT2D eigenvalue weighted by molar-refractivity contribution is 5.94. The van der Waals surface area contributed by atoms with Gasteiger partial charge in [0, 0.05) is 11.6 Å². The van der Waals surface area contributed by atoms with Crippen molar-refractivity contribution in [2.45, 2.75) is 32.7 Å². The van der Waals surface area contributed by atoms with E-state index in [1.807, 2.05) is 25.1 Å². The molecule has 0 bridgehead atoms. The molecule has 0 aliphatic heterocycles. The molecule has 24 heavy (non-hydrogen) atoms. The normalized spacial score (nSPS) is 11.6. The molecule has 0 saturated heterocycles. The number of carbonyl (C=O) groups is 2. The summed E-state index contributed by atoms with van der Waals surface area (Å²) in [5.74, 6) is 0.331. The number of aryl methyl sites for hydroxylation is 1. The SMILES string of the molecule is CC(=O)c1cccc(OCC(=O)N[C@H](C)CCc2ccccc2)c1. The molecule has 1 amide bonds. The van der Waals surface area contributed by atoms with Gasteiger partial charge in [-0.05, 0) is 44.4 Å². The van der Waals surface area contributed by atoms with E-state index in [0.29, 0.717) is 11.3 Å². The Bertz CT molecular complexity index is 682. The molecule has 1 atom stereocenters. The third-order valence-electron chi connectivity index (χ3n) is 3.73. The summed E-state index contributed by atoms with van der Waals surface area (Å²) < 4.78 is 5.46. The van der Waals surface area contributed by atoms with Crippen LogP contribution in [-0.4, -0.2) is 24.3 Å². The first-order valence-electron chi connectivity index (χ1n) is 8.11. The molecule has 0 heterocycles. The molecule has 2 aromatic carbocycles. The Balaban J connectivity index is 1.74. The van der Waals surface area contributed by atoms with Crippen LogP contribution >= 0.6 is 0 Å². The van der Waals surface area contributed by atoms with Crippen LogP contribution < -0.4 is 10.1 Å². The van der Waals surface area contributed by atoms with E-state index in [9.17, 15) is 9.59 Å². The first kappa shape index (κ1) is 17.7. The standard InChI is InChI=1S/C20H23NO3/c1-15(11-12-17-7-4-3-5-8-17)21-20(23)14-24-19-10-6-9-18(13-19)16(2)22/h3-10,13,15H,11-12,14H2,1-2H3,(H,21,23)/t15-/m1/s1. The van der Waals surface area contributed by atoms with Gasteiger partial charge in [-0.1, -0.05) is 42.5 Å². The quantitative estimate of drug-likeness (QED) is 0.757. The van der Waals surface area contributed by atoms with Crippen LogP contribution in [0.3, 0.4) is 0 Å². The van der Waals surface area contributed by atoms with Crippen LogP contribution in [0, 0.1) is 0 Å². The topological polar surface area (TPSA) is 55.4 Å². The molecule has 0 aliphatic carbocycles. The molecule has 1 N–H and O–H groups in total. The summed E-state index contributed by atoms with van der Waals surface area (Å²) in [6.45, 7) is 3.43. The molecule has 126 valence electrons. The van der Waals surface area contributed by atoms with Gasteiger partial charge in [-0.15, -0.1) is 0 Å². The number of rotatable bonds is 8. The third-order valence-corrected chi connectivity index (χ3v) is 3.73. The van der Waals surface area contributed by atoms with E-state index in [-0.39, 0.29) is 24.3 Å². The monoisotopic (exact) mass is 325 g/mol. The van der Waals surface area contributed by atoms with E-state index < -0.39 is 0 Å². The van der Waals surface area contributed by atoms with Crippen LogP contribution in [0.1, 0.15) is 36.2 Å². The smallest absolute Gasteiger partial charge is 0.258 e. The van der Waals surface area contributed by atoms with Crippen LogP contribution in [0.15, 0.2) is 54.6 Å². The summed E-state index contributed by atoms with van der Waals surface area (Å²) in [4.78, 5) is 23.3. The summed E-state index contributed by atoms with van der Waals surface area (Å²) in [6.07, 6.45) is 1.79. The maximum Gasteiger partial charge on any atom is 0.258 e. The number of nitrogens with one attached hydrogen (secondary N) is 1. The van der Waals surface area contributed by atoms with Crippen molar-refractivity contribution in [3.63, 3.8) is 0 Å². The average molecular weight is 325 g/mol. The molecule has 0 unspecified atom stereocenters. The van der Waals surface area contributed by atoms with Gasteiger partial charge in [-0.2, -0.15) is 0 Å². The van der Waals surface area contributed by atoms with E-state index in [4.69, 9.17) is 4.74 Å². The number of amides is 1. The lowest BCUT2D eigenvalue weighted by Gasteiger charge is -2.14. The minimum Gasteiger partial charge on any atom is -0.484 e. The molecule has 0 spiro atoms. The van der Waals surface area contributed by atoms with Crippen molar-refractivity contribution >= 4 is 11.7 Å². The lowest BCUT2D eigenvalue weighted by Crippen LogP contribution is -2.36. The largest absolute Gasteiger partial charge is 0.484 e. The molecule has 2 rings (SSSR count). The van der Waals surface area contributed by atoms with Crippen molar-refractivity contribution in [3.8, 4) is 5.75 Å². The second-order valence-corrected chi connectivity index (χ2v) is 5.87. The zero-order valence-corrected chi connectivity index (χ0v) is 14.1. The number of hydrogen-bond donors (Lipinski definition) is 1. The van der Waals surface area contributed by atoms with Gasteiger partial charge in [0.05, 0.1) is 0 Å². The summed E-state index contributed by atoms with van der Waals surface area (Å²) in [5.41, 5.74) is 1.83. The first-order valence-corrected chi connectivity index (χ1v) is 8.11. The second kappa shape index (κ2) is 8.87. The summed E-state index contributed by atoms with van der Waals surface area (Å²) >= 11 is 0. The van der Waals surface area contributed by atoms with Crippen molar-refractivity contribution in [3.05, 3.63) is 65.7 Å². The van der Waals surface area contributed by atoms with Crippen LogP contribution in [-0.2, 0) is 11.2 Å². The molecule has 2 aromatic rings. The van der Waals surface area contributed by atoms with Gasteiger partial charge in [-0.25, -0.2) is 0 Å². The maximum atomic E-state index is 12.0.